The fourth-order valence-electron chi connectivity index (χ4n) is 4.07. The average Bonchev–Trinajstić information content (AvgIpc) is 3.48. The third-order valence-electron chi connectivity index (χ3n) is 5.56. The number of benzene rings is 2. The van der Waals surface area contributed by atoms with Crippen LogP contribution in [0.15, 0.2) is 70.8 Å². The SMILES string of the molecule is C[C@@H]1N=C(c2ccccc2[N+](=O)[O-])c2cc(C#CS(C)(C)C)ccc2-n2cnc(-c3cnco3)c21. The number of aromatic nitrogens is 3. The van der Waals surface area contributed by atoms with Crippen LogP contribution in [0.2, 0.25) is 0 Å². The minimum atomic E-state index is -1.03. The van der Waals surface area contributed by atoms with Crippen molar-refractivity contribution in [2.75, 3.05) is 18.8 Å². The van der Waals surface area contributed by atoms with Crippen molar-refractivity contribution in [2.24, 2.45) is 4.99 Å². The van der Waals surface area contributed by atoms with Gasteiger partial charge in [-0.05, 0) is 55.2 Å². The lowest BCUT2D eigenvalue weighted by Gasteiger charge is -2.15. The summed E-state index contributed by atoms with van der Waals surface area (Å²) in [6.45, 7) is 1.94. The summed E-state index contributed by atoms with van der Waals surface area (Å²) < 4.78 is 7.49. The Hall–Kier alpha value is -4.16. The van der Waals surface area contributed by atoms with E-state index in [4.69, 9.17) is 9.41 Å². The second-order valence-electron chi connectivity index (χ2n) is 8.94. The van der Waals surface area contributed by atoms with Crippen LogP contribution in [0.4, 0.5) is 5.69 Å². The van der Waals surface area contributed by atoms with Crippen molar-refractivity contribution in [1.29, 1.82) is 0 Å². The lowest BCUT2D eigenvalue weighted by molar-refractivity contribution is -0.385. The maximum atomic E-state index is 11.9. The Balaban J connectivity index is 1.80. The first-order valence-electron chi connectivity index (χ1n) is 10.9. The Bertz CT molecular complexity index is 1540. The van der Waals surface area contributed by atoms with Gasteiger partial charge in [0.25, 0.3) is 5.69 Å². The molecule has 0 saturated heterocycles. The minimum absolute atomic E-state index is 0.000174. The largest absolute Gasteiger partial charge is 0.442 e. The third-order valence-corrected chi connectivity index (χ3v) is 6.27. The zero-order valence-electron chi connectivity index (χ0n) is 19.7. The Morgan fingerprint density at radius 3 is 2.66 bits per heavy atom. The van der Waals surface area contributed by atoms with E-state index in [0.29, 0.717) is 22.7 Å². The lowest BCUT2D eigenvalue weighted by Crippen LogP contribution is -2.10. The molecule has 0 aliphatic carbocycles. The lowest BCUT2D eigenvalue weighted by atomic mass is 9.97. The van der Waals surface area contributed by atoms with E-state index in [0.717, 1.165) is 22.5 Å². The summed E-state index contributed by atoms with van der Waals surface area (Å²) >= 11 is 0. The number of oxazole rings is 1. The first-order chi connectivity index (χ1) is 16.7. The number of rotatable bonds is 3. The zero-order valence-corrected chi connectivity index (χ0v) is 20.5. The van der Waals surface area contributed by atoms with Crippen LogP contribution in [0.1, 0.15) is 35.3 Å². The van der Waals surface area contributed by atoms with E-state index in [1.54, 1.807) is 30.7 Å². The molecule has 8 nitrogen and oxygen atoms in total. The Morgan fingerprint density at radius 2 is 1.94 bits per heavy atom. The van der Waals surface area contributed by atoms with Crippen LogP contribution in [-0.4, -0.2) is 43.9 Å². The topological polar surface area (TPSA) is 99.3 Å². The van der Waals surface area contributed by atoms with Crippen LogP contribution in [0, 0.1) is 21.3 Å². The molecular formula is C26H23N5O3S. The fourth-order valence-corrected chi connectivity index (χ4v) is 4.49. The second-order valence-corrected chi connectivity index (χ2v) is 12.8. The zero-order chi connectivity index (χ0) is 24.7. The van der Waals surface area contributed by atoms with Gasteiger partial charge in [-0.15, -0.1) is 0 Å². The highest BCUT2D eigenvalue weighted by Crippen LogP contribution is 2.38. The van der Waals surface area contributed by atoms with E-state index in [2.05, 4.69) is 39.9 Å². The van der Waals surface area contributed by atoms with Gasteiger partial charge in [0.15, 0.2) is 12.2 Å². The molecule has 0 N–H and O–H groups in total. The van der Waals surface area contributed by atoms with Crippen LogP contribution in [0.25, 0.3) is 17.1 Å². The maximum absolute atomic E-state index is 11.9. The fraction of sp³-hybridized carbons (Fsp3) is 0.192. The summed E-state index contributed by atoms with van der Waals surface area (Å²) in [6.07, 6.45) is 11.1. The molecule has 1 aliphatic heterocycles. The van der Waals surface area contributed by atoms with Crippen LogP contribution in [0.5, 0.6) is 0 Å². The van der Waals surface area contributed by atoms with E-state index in [-0.39, 0.29) is 16.7 Å². The Labute approximate surface area is 204 Å². The number of aliphatic imine (C=N–C) groups is 1. The van der Waals surface area contributed by atoms with Crippen LogP contribution >= 0.6 is 10.0 Å². The molecule has 4 aromatic rings. The van der Waals surface area contributed by atoms with Crippen molar-refractivity contribution in [3.63, 3.8) is 0 Å². The Morgan fingerprint density at radius 1 is 1.14 bits per heavy atom. The molecule has 1 atom stereocenters. The standard InChI is InChI=1S/C26H23N5O3S/c1-17-26-25(23-14-27-16-34-23)28-15-30(26)21-10-9-18(11-12-35(2,3)4)13-20(21)24(29-17)19-7-5-6-8-22(19)31(32)33/h5-10,13-17H,1-4H3/t17-/m0/s1. The van der Waals surface area contributed by atoms with Gasteiger partial charge in [0.1, 0.15) is 12.0 Å². The monoisotopic (exact) mass is 485 g/mol. The number of nitro benzene ring substituents is 1. The smallest absolute Gasteiger partial charge is 0.278 e. The molecule has 0 fully saturated rings. The van der Waals surface area contributed by atoms with E-state index in [9.17, 15) is 10.1 Å². The molecule has 0 radical (unpaired) electrons. The Kier molecular flexibility index (Phi) is 5.53. The molecule has 35 heavy (non-hydrogen) atoms. The quantitative estimate of drug-likeness (QED) is 0.221. The van der Waals surface area contributed by atoms with Crippen LogP contribution in [-0.2, 0) is 0 Å². The molecule has 0 saturated carbocycles. The van der Waals surface area contributed by atoms with Crippen molar-refractivity contribution in [3.05, 3.63) is 93.9 Å². The van der Waals surface area contributed by atoms with E-state index in [1.165, 1.54) is 12.5 Å². The van der Waals surface area contributed by atoms with E-state index in [1.807, 2.05) is 29.7 Å². The van der Waals surface area contributed by atoms with Gasteiger partial charge in [0.2, 0.25) is 0 Å². The van der Waals surface area contributed by atoms with Gasteiger partial charge in [0, 0.05) is 17.2 Å². The molecule has 176 valence electrons. The highest BCUT2D eigenvalue weighted by Gasteiger charge is 2.30. The van der Waals surface area contributed by atoms with Gasteiger partial charge in [-0.2, -0.15) is 10.0 Å². The molecule has 2 aromatic heterocycles. The molecule has 0 spiro atoms. The normalized spacial score (nSPS) is 15.2. The maximum Gasteiger partial charge on any atom is 0.278 e. The number of hydrogen-bond acceptors (Lipinski definition) is 6. The predicted molar refractivity (Wildman–Crippen MR) is 138 cm³/mol. The predicted octanol–water partition coefficient (Wildman–Crippen LogP) is 5.35. The molecule has 1 aliphatic rings. The van der Waals surface area contributed by atoms with E-state index >= 15 is 0 Å². The van der Waals surface area contributed by atoms with Crippen molar-refractivity contribution >= 4 is 21.4 Å². The highest BCUT2D eigenvalue weighted by atomic mass is 32.3. The number of imidazole rings is 1. The molecule has 0 amide bonds. The number of nitrogens with zero attached hydrogens (tertiary/aromatic N) is 5. The first kappa shape index (κ1) is 22.6. The summed E-state index contributed by atoms with van der Waals surface area (Å²) in [4.78, 5) is 25.2. The van der Waals surface area contributed by atoms with Gasteiger partial charge in [0.05, 0.1) is 39.8 Å². The molecule has 0 unspecified atom stereocenters. The van der Waals surface area contributed by atoms with Gasteiger partial charge in [-0.25, -0.2) is 9.97 Å². The molecule has 2 aromatic carbocycles. The summed E-state index contributed by atoms with van der Waals surface area (Å²) in [6, 6.07) is 12.2. The second kappa shape index (κ2) is 8.56. The van der Waals surface area contributed by atoms with Crippen LogP contribution < -0.4 is 0 Å². The third kappa shape index (κ3) is 4.24. The van der Waals surface area contributed by atoms with Crippen molar-refractivity contribution in [2.45, 2.75) is 13.0 Å². The summed E-state index contributed by atoms with van der Waals surface area (Å²) in [5.41, 5.74) is 4.83. The first-order valence-corrected chi connectivity index (χ1v) is 13.7. The minimum Gasteiger partial charge on any atom is -0.442 e. The summed E-state index contributed by atoms with van der Waals surface area (Å²) in [5.74, 6) is 3.81. The molecule has 3 heterocycles. The van der Waals surface area contributed by atoms with Crippen molar-refractivity contribution < 1.29 is 9.34 Å². The van der Waals surface area contributed by atoms with Crippen molar-refractivity contribution in [1.82, 2.24) is 14.5 Å². The average molecular weight is 486 g/mol. The number of hydrogen-bond donors (Lipinski definition) is 0. The number of para-hydroxylation sites is 1. The molecule has 5 rings (SSSR count). The number of fused-ring (bicyclic) bond motifs is 3. The van der Waals surface area contributed by atoms with Gasteiger partial charge in [-0.3, -0.25) is 19.7 Å². The van der Waals surface area contributed by atoms with Crippen molar-refractivity contribution in [3.8, 4) is 28.3 Å². The van der Waals surface area contributed by atoms with Gasteiger partial charge >= 0.3 is 0 Å². The van der Waals surface area contributed by atoms with Gasteiger partial charge < -0.3 is 4.42 Å². The highest BCUT2D eigenvalue weighted by molar-refractivity contribution is 8.35. The van der Waals surface area contributed by atoms with E-state index < -0.39 is 10.0 Å². The molecular weight excluding hydrogens is 462 g/mol. The summed E-state index contributed by atoms with van der Waals surface area (Å²) in [7, 11) is -1.03. The molecule has 0 bridgehead atoms. The van der Waals surface area contributed by atoms with Gasteiger partial charge in [-0.1, -0.05) is 18.1 Å². The summed E-state index contributed by atoms with van der Waals surface area (Å²) in [5, 5.41) is 15.2. The van der Waals surface area contributed by atoms with Crippen LogP contribution in [0.3, 0.4) is 0 Å². The number of nitro groups is 1. The molecule has 9 heteroatoms.